The molecule has 3 rings (SSSR count). The lowest BCUT2D eigenvalue weighted by Gasteiger charge is -2.17. The first-order chi connectivity index (χ1) is 13.4. The van der Waals surface area contributed by atoms with Gasteiger partial charge in [-0.1, -0.05) is 6.07 Å². The van der Waals surface area contributed by atoms with Crippen molar-refractivity contribution in [2.75, 3.05) is 20.7 Å². The molecule has 2 N–H and O–H groups in total. The van der Waals surface area contributed by atoms with E-state index in [1.54, 1.807) is 37.0 Å². The number of hydrogen-bond donors (Lipinski definition) is 2. The fourth-order valence-corrected chi connectivity index (χ4v) is 3.53. The highest BCUT2D eigenvalue weighted by Gasteiger charge is 2.27. The molecule has 0 aliphatic heterocycles. The minimum atomic E-state index is -0.509. The number of ether oxygens (including phenoxy) is 1. The highest BCUT2D eigenvalue weighted by atomic mass is 16.5. The summed E-state index contributed by atoms with van der Waals surface area (Å²) in [6.45, 7) is 2.06. The molecule has 2 heterocycles. The first-order valence-corrected chi connectivity index (χ1v) is 9.09. The summed E-state index contributed by atoms with van der Waals surface area (Å²) in [5, 5.41) is 21.7. The summed E-state index contributed by atoms with van der Waals surface area (Å²) in [6.07, 6.45) is 3.35. The topological polar surface area (TPSA) is 87.8 Å². The number of phenolic OH excluding ortho intramolecular Hbond substituents is 1. The predicted octanol–water partition coefficient (Wildman–Crippen LogP) is 2.68. The lowest BCUT2D eigenvalue weighted by atomic mass is 9.96. The van der Waals surface area contributed by atoms with E-state index >= 15 is 0 Å². The molecule has 0 amide bonds. The number of carbonyl (C=O) groups is 1. The number of pyridine rings is 1. The molecular weight excluding hydrogens is 358 g/mol. The van der Waals surface area contributed by atoms with Gasteiger partial charge in [-0.2, -0.15) is 0 Å². The second-order valence-electron chi connectivity index (χ2n) is 6.88. The number of nitrogens with zero attached hydrogens (tertiary/aromatic N) is 3. The van der Waals surface area contributed by atoms with E-state index in [0.29, 0.717) is 34.3 Å². The standard InChI is InChI=1S/C21H25N3O4/c1-5-28-21(27)19-17(12-25)24(4)16-9-14(13-7-6-8-22-10-13)20(26)15(18(16)19)11-23(2)3/h6-10,25-26H,5,11-12H2,1-4H3. The van der Waals surface area contributed by atoms with Crippen molar-refractivity contribution in [3.05, 3.63) is 47.4 Å². The highest BCUT2D eigenvalue weighted by Crippen LogP contribution is 2.41. The van der Waals surface area contributed by atoms with Crippen LogP contribution >= 0.6 is 0 Å². The zero-order valence-electron chi connectivity index (χ0n) is 16.6. The number of aliphatic hydroxyl groups is 1. The van der Waals surface area contributed by atoms with Gasteiger partial charge in [-0.15, -0.1) is 0 Å². The summed E-state index contributed by atoms with van der Waals surface area (Å²) >= 11 is 0. The van der Waals surface area contributed by atoms with Gasteiger partial charge < -0.3 is 24.4 Å². The van der Waals surface area contributed by atoms with Crippen molar-refractivity contribution < 1.29 is 19.7 Å². The Balaban J connectivity index is 2.43. The van der Waals surface area contributed by atoms with Crippen LogP contribution in [0, 0.1) is 0 Å². The van der Waals surface area contributed by atoms with Crippen molar-refractivity contribution in [3.8, 4) is 16.9 Å². The van der Waals surface area contributed by atoms with Crippen LogP contribution in [0.25, 0.3) is 22.0 Å². The Kier molecular flexibility index (Phi) is 5.67. The largest absolute Gasteiger partial charge is 0.507 e. The smallest absolute Gasteiger partial charge is 0.340 e. The number of benzene rings is 1. The molecule has 28 heavy (non-hydrogen) atoms. The Hall–Kier alpha value is -2.90. The number of aliphatic hydroxyl groups excluding tert-OH is 1. The lowest BCUT2D eigenvalue weighted by molar-refractivity contribution is 0.0524. The second kappa shape index (κ2) is 8.00. The monoisotopic (exact) mass is 383 g/mol. The molecule has 0 radical (unpaired) electrons. The second-order valence-corrected chi connectivity index (χ2v) is 6.88. The first-order valence-electron chi connectivity index (χ1n) is 9.09. The lowest BCUT2D eigenvalue weighted by Crippen LogP contribution is -2.13. The maximum Gasteiger partial charge on any atom is 0.340 e. The zero-order valence-corrected chi connectivity index (χ0v) is 16.6. The molecule has 148 valence electrons. The fraction of sp³-hybridized carbons (Fsp3) is 0.333. The quantitative estimate of drug-likeness (QED) is 0.637. The molecule has 0 saturated heterocycles. The summed E-state index contributed by atoms with van der Waals surface area (Å²) < 4.78 is 7.02. The summed E-state index contributed by atoms with van der Waals surface area (Å²) in [7, 11) is 5.57. The Morgan fingerprint density at radius 2 is 2.11 bits per heavy atom. The van der Waals surface area contributed by atoms with E-state index in [-0.39, 0.29) is 19.0 Å². The van der Waals surface area contributed by atoms with Gasteiger partial charge in [-0.05, 0) is 33.2 Å². The van der Waals surface area contributed by atoms with Gasteiger partial charge in [0.25, 0.3) is 0 Å². The molecule has 0 bridgehead atoms. The average molecular weight is 383 g/mol. The number of esters is 1. The van der Waals surface area contributed by atoms with Crippen LogP contribution in [0.4, 0.5) is 0 Å². The Bertz CT molecular complexity index is 1010. The van der Waals surface area contributed by atoms with Crippen molar-refractivity contribution in [1.82, 2.24) is 14.5 Å². The van der Waals surface area contributed by atoms with Crippen molar-refractivity contribution in [2.45, 2.75) is 20.1 Å². The van der Waals surface area contributed by atoms with E-state index in [2.05, 4.69) is 4.98 Å². The molecule has 0 unspecified atom stereocenters. The van der Waals surface area contributed by atoms with Crippen molar-refractivity contribution >= 4 is 16.9 Å². The number of aryl methyl sites for hydroxylation is 1. The van der Waals surface area contributed by atoms with E-state index in [9.17, 15) is 15.0 Å². The molecule has 7 nitrogen and oxygen atoms in total. The summed E-state index contributed by atoms with van der Waals surface area (Å²) in [4.78, 5) is 18.8. The highest BCUT2D eigenvalue weighted by molar-refractivity contribution is 6.09. The normalized spacial score (nSPS) is 11.4. The number of carbonyl (C=O) groups excluding carboxylic acids is 1. The SMILES string of the molecule is CCOC(=O)c1c(CO)n(C)c2cc(-c3cccnc3)c(O)c(CN(C)C)c12. The van der Waals surface area contributed by atoms with Crippen LogP contribution in [0.3, 0.4) is 0 Å². The van der Waals surface area contributed by atoms with Gasteiger partial charge in [0, 0.05) is 48.1 Å². The van der Waals surface area contributed by atoms with Crippen molar-refractivity contribution in [1.29, 1.82) is 0 Å². The van der Waals surface area contributed by atoms with E-state index in [0.717, 1.165) is 11.1 Å². The average Bonchev–Trinajstić information content (AvgIpc) is 2.96. The van der Waals surface area contributed by atoms with Gasteiger partial charge in [0.15, 0.2) is 0 Å². The number of aromatic hydroxyl groups is 1. The van der Waals surface area contributed by atoms with Gasteiger partial charge in [0.05, 0.1) is 30.0 Å². The summed E-state index contributed by atoms with van der Waals surface area (Å²) in [5.41, 5.74) is 3.49. The van der Waals surface area contributed by atoms with Crippen LogP contribution in [-0.2, 0) is 24.9 Å². The van der Waals surface area contributed by atoms with Crippen LogP contribution in [0.1, 0.15) is 28.5 Å². The molecule has 2 aromatic heterocycles. The van der Waals surface area contributed by atoms with Crippen LogP contribution in [0.2, 0.25) is 0 Å². The third-order valence-electron chi connectivity index (χ3n) is 4.76. The molecule has 0 aliphatic rings. The molecular formula is C21H25N3O4. The summed E-state index contributed by atoms with van der Waals surface area (Å²) in [6, 6.07) is 5.50. The number of hydrogen-bond acceptors (Lipinski definition) is 6. The Morgan fingerprint density at radius 3 is 2.68 bits per heavy atom. The van der Waals surface area contributed by atoms with Gasteiger partial charge >= 0.3 is 5.97 Å². The maximum atomic E-state index is 12.7. The third kappa shape index (κ3) is 3.34. The number of aromatic nitrogens is 2. The molecule has 0 atom stereocenters. The van der Waals surface area contributed by atoms with Crippen LogP contribution in [0.5, 0.6) is 5.75 Å². The van der Waals surface area contributed by atoms with E-state index in [1.165, 1.54) is 0 Å². The van der Waals surface area contributed by atoms with Gasteiger partial charge in [-0.25, -0.2) is 4.79 Å². The maximum absolute atomic E-state index is 12.7. The van der Waals surface area contributed by atoms with E-state index < -0.39 is 5.97 Å². The van der Waals surface area contributed by atoms with Gasteiger partial charge in [0.2, 0.25) is 0 Å². The first kappa shape index (κ1) is 19.9. The molecule has 0 aliphatic carbocycles. The van der Waals surface area contributed by atoms with Crippen LogP contribution in [-0.4, -0.2) is 51.3 Å². The van der Waals surface area contributed by atoms with Crippen molar-refractivity contribution in [3.63, 3.8) is 0 Å². The Morgan fingerprint density at radius 1 is 1.36 bits per heavy atom. The zero-order chi connectivity index (χ0) is 20.4. The molecule has 0 saturated carbocycles. The predicted molar refractivity (Wildman–Crippen MR) is 107 cm³/mol. The minimum Gasteiger partial charge on any atom is -0.507 e. The van der Waals surface area contributed by atoms with Crippen molar-refractivity contribution in [2.24, 2.45) is 7.05 Å². The molecule has 1 aromatic carbocycles. The number of rotatable bonds is 6. The fourth-order valence-electron chi connectivity index (χ4n) is 3.53. The molecule has 3 aromatic rings. The van der Waals surface area contributed by atoms with Gasteiger partial charge in [0.1, 0.15) is 5.75 Å². The van der Waals surface area contributed by atoms with E-state index in [4.69, 9.17) is 4.74 Å². The summed E-state index contributed by atoms with van der Waals surface area (Å²) in [5.74, 6) is -0.416. The number of phenols is 1. The van der Waals surface area contributed by atoms with Crippen LogP contribution < -0.4 is 0 Å². The van der Waals surface area contributed by atoms with E-state index in [1.807, 2.05) is 31.1 Å². The Labute approximate surface area is 163 Å². The number of fused-ring (bicyclic) bond motifs is 1. The third-order valence-corrected chi connectivity index (χ3v) is 4.76. The molecule has 0 fully saturated rings. The van der Waals surface area contributed by atoms with Crippen LogP contribution in [0.15, 0.2) is 30.6 Å². The van der Waals surface area contributed by atoms with Gasteiger partial charge in [-0.3, -0.25) is 4.98 Å². The minimum absolute atomic E-state index is 0.0924. The molecule has 7 heteroatoms. The molecule has 0 spiro atoms.